The van der Waals surface area contributed by atoms with Crippen LogP contribution in [0.1, 0.15) is 11.1 Å². The number of para-hydroxylation sites is 1. The highest BCUT2D eigenvalue weighted by Gasteiger charge is 2.00. The van der Waals surface area contributed by atoms with Gasteiger partial charge in [0.1, 0.15) is 0 Å². The first-order valence-electron chi connectivity index (χ1n) is 5.59. The minimum absolute atomic E-state index is 0.353. The van der Waals surface area contributed by atoms with E-state index in [9.17, 15) is 0 Å². The standard InChI is InChI=1S/C13H13N5/c1-11-5-2-3-7-13(11)18-10-12(9-16-18)6-4-8-15-17-14/h2-7,9-10H,8H2,1H3. The summed E-state index contributed by atoms with van der Waals surface area (Å²) in [4.78, 5) is 2.68. The molecule has 0 unspecified atom stereocenters. The molecule has 0 saturated heterocycles. The third-order valence-electron chi connectivity index (χ3n) is 2.53. The van der Waals surface area contributed by atoms with Crippen LogP contribution in [0.25, 0.3) is 22.2 Å². The van der Waals surface area contributed by atoms with Gasteiger partial charge < -0.3 is 0 Å². The zero-order valence-corrected chi connectivity index (χ0v) is 10.1. The summed E-state index contributed by atoms with van der Waals surface area (Å²) in [5, 5.41) is 7.74. The molecule has 0 amide bonds. The largest absolute Gasteiger partial charge is 0.240 e. The van der Waals surface area contributed by atoms with E-state index in [1.165, 1.54) is 5.56 Å². The lowest BCUT2D eigenvalue weighted by Crippen LogP contribution is -1.96. The van der Waals surface area contributed by atoms with Gasteiger partial charge in [-0.15, -0.1) is 0 Å². The van der Waals surface area contributed by atoms with Crippen LogP contribution in [0.15, 0.2) is 47.8 Å². The van der Waals surface area contributed by atoms with E-state index in [0.29, 0.717) is 6.54 Å². The summed E-state index contributed by atoms with van der Waals surface area (Å²) < 4.78 is 1.84. The maximum absolute atomic E-state index is 8.15. The van der Waals surface area contributed by atoms with Crippen LogP contribution in [0, 0.1) is 6.92 Å². The van der Waals surface area contributed by atoms with E-state index in [4.69, 9.17) is 5.53 Å². The molecule has 18 heavy (non-hydrogen) atoms. The number of aryl methyl sites for hydroxylation is 1. The minimum Gasteiger partial charge on any atom is -0.240 e. The van der Waals surface area contributed by atoms with Gasteiger partial charge in [0, 0.05) is 23.2 Å². The van der Waals surface area contributed by atoms with Crippen molar-refractivity contribution < 1.29 is 0 Å². The molecule has 1 aromatic heterocycles. The Morgan fingerprint density at radius 2 is 2.28 bits per heavy atom. The Labute approximate surface area is 105 Å². The number of aromatic nitrogens is 2. The number of nitrogens with zero attached hydrogens (tertiary/aromatic N) is 5. The average Bonchev–Trinajstić information content (AvgIpc) is 2.84. The quantitative estimate of drug-likeness (QED) is 0.457. The van der Waals surface area contributed by atoms with Crippen LogP contribution in [-0.2, 0) is 0 Å². The fraction of sp³-hybridized carbons (Fsp3) is 0.154. The Morgan fingerprint density at radius 1 is 1.44 bits per heavy atom. The average molecular weight is 239 g/mol. The summed E-state index contributed by atoms with van der Waals surface area (Å²) in [6.45, 7) is 2.40. The molecular formula is C13H13N5. The molecule has 2 rings (SSSR count). The lowest BCUT2D eigenvalue weighted by atomic mass is 10.2. The van der Waals surface area contributed by atoms with Crippen LogP contribution in [0.4, 0.5) is 0 Å². The van der Waals surface area contributed by atoms with Gasteiger partial charge in [0.05, 0.1) is 11.9 Å². The maximum Gasteiger partial charge on any atom is 0.0674 e. The first-order chi connectivity index (χ1) is 8.81. The zero-order valence-electron chi connectivity index (χ0n) is 10.1. The Balaban J connectivity index is 2.18. The molecule has 5 nitrogen and oxygen atoms in total. The summed E-state index contributed by atoms with van der Waals surface area (Å²) in [6.07, 6.45) is 7.41. The Kier molecular flexibility index (Phi) is 3.79. The fourth-order valence-corrected chi connectivity index (χ4v) is 1.65. The van der Waals surface area contributed by atoms with Gasteiger partial charge in [0.2, 0.25) is 0 Å². The van der Waals surface area contributed by atoms with Crippen molar-refractivity contribution >= 4 is 6.08 Å². The van der Waals surface area contributed by atoms with Gasteiger partial charge in [-0.25, -0.2) is 4.68 Å². The molecule has 90 valence electrons. The lowest BCUT2D eigenvalue weighted by molar-refractivity contribution is 0.873. The smallest absolute Gasteiger partial charge is 0.0674 e. The molecule has 2 aromatic rings. The molecule has 0 atom stereocenters. The predicted molar refractivity (Wildman–Crippen MR) is 71.3 cm³/mol. The molecule has 0 saturated carbocycles. The Hall–Kier alpha value is -2.52. The molecule has 0 aliphatic heterocycles. The first kappa shape index (κ1) is 12.0. The van der Waals surface area contributed by atoms with Crippen molar-refractivity contribution in [3.63, 3.8) is 0 Å². The fourth-order valence-electron chi connectivity index (χ4n) is 1.65. The molecule has 0 bridgehead atoms. The normalized spacial score (nSPS) is 10.5. The molecular weight excluding hydrogens is 226 g/mol. The monoisotopic (exact) mass is 239 g/mol. The van der Waals surface area contributed by atoms with E-state index in [1.54, 1.807) is 12.3 Å². The Bertz CT molecular complexity index is 605. The van der Waals surface area contributed by atoms with E-state index in [-0.39, 0.29) is 0 Å². The van der Waals surface area contributed by atoms with Crippen molar-refractivity contribution in [1.29, 1.82) is 0 Å². The van der Waals surface area contributed by atoms with E-state index in [2.05, 4.69) is 15.1 Å². The topological polar surface area (TPSA) is 66.6 Å². The Morgan fingerprint density at radius 3 is 3.06 bits per heavy atom. The number of azide groups is 1. The molecule has 0 fully saturated rings. The van der Waals surface area contributed by atoms with Gasteiger partial charge in [0.25, 0.3) is 0 Å². The van der Waals surface area contributed by atoms with Crippen LogP contribution >= 0.6 is 0 Å². The van der Waals surface area contributed by atoms with Crippen LogP contribution in [0.5, 0.6) is 0 Å². The van der Waals surface area contributed by atoms with Crippen LogP contribution in [0.3, 0.4) is 0 Å². The van der Waals surface area contributed by atoms with Gasteiger partial charge in [-0.2, -0.15) is 5.10 Å². The summed E-state index contributed by atoms with van der Waals surface area (Å²) >= 11 is 0. The molecule has 0 aliphatic carbocycles. The summed E-state index contributed by atoms with van der Waals surface area (Å²) in [5.74, 6) is 0. The second kappa shape index (κ2) is 5.70. The predicted octanol–water partition coefficient (Wildman–Crippen LogP) is 3.50. The van der Waals surface area contributed by atoms with Crippen LogP contribution in [0.2, 0.25) is 0 Å². The SMILES string of the molecule is Cc1ccccc1-n1cc(C=CCN=[N+]=[N-])cn1. The molecule has 1 heterocycles. The van der Waals surface area contributed by atoms with Crippen molar-refractivity contribution in [3.8, 4) is 5.69 Å². The number of hydrogen-bond acceptors (Lipinski definition) is 2. The van der Waals surface area contributed by atoms with Crippen molar-refractivity contribution in [2.24, 2.45) is 5.11 Å². The highest BCUT2D eigenvalue weighted by atomic mass is 15.3. The van der Waals surface area contributed by atoms with E-state index < -0.39 is 0 Å². The molecule has 0 spiro atoms. The molecule has 1 aromatic carbocycles. The second-order valence-electron chi connectivity index (χ2n) is 3.82. The summed E-state index contributed by atoms with van der Waals surface area (Å²) in [6, 6.07) is 8.06. The van der Waals surface area contributed by atoms with E-state index in [1.807, 2.05) is 48.1 Å². The summed E-state index contributed by atoms with van der Waals surface area (Å²) in [5.41, 5.74) is 11.4. The maximum atomic E-state index is 8.15. The van der Waals surface area contributed by atoms with E-state index in [0.717, 1.165) is 11.3 Å². The summed E-state index contributed by atoms with van der Waals surface area (Å²) in [7, 11) is 0. The highest BCUT2D eigenvalue weighted by molar-refractivity contribution is 5.49. The lowest BCUT2D eigenvalue weighted by Gasteiger charge is -2.03. The first-order valence-corrected chi connectivity index (χ1v) is 5.59. The highest BCUT2D eigenvalue weighted by Crippen LogP contribution is 2.13. The number of benzene rings is 1. The number of hydrogen-bond donors (Lipinski definition) is 0. The third kappa shape index (κ3) is 2.78. The minimum atomic E-state index is 0.353. The van der Waals surface area contributed by atoms with Gasteiger partial charge >= 0.3 is 0 Å². The van der Waals surface area contributed by atoms with Crippen molar-refractivity contribution in [1.82, 2.24) is 9.78 Å². The van der Waals surface area contributed by atoms with Gasteiger partial charge in [-0.05, 0) is 24.1 Å². The van der Waals surface area contributed by atoms with Gasteiger partial charge in [-0.1, -0.05) is 35.5 Å². The second-order valence-corrected chi connectivity index (χ2v) is 3.82. The third-order valence-corrected chi connectivity index (χ3v) is 2.53. The van der Waals surface area contributed by atoms with Crippen LogP contribution < -0.4 is 0 Å². The molecule has 0 aliphatic rings. The van der Waals surface area contributed by atoms with Crippen LogP contribution in [-0.4, -0.2) is 16.3 Å². The zero-order chi connectivity index (χ0) is 12.8. The molecule has 0 N–H and O–H groups in total. The van der Waals surface area contributed by atoms with Gasteiger partial charge in [-0.3, -0.25) is 0 Å². The van der Waals surface area contributed by atoms with Crippen molar-refractivity contribution in [3.05, 3.63) is 64.3 Å². The molecule has 5 heteroatoms. The number of rotatable bonds is 4. The van der Waals surface area contributed by atoms with Crippen molar-refractivity contribution in [2.75, 3.05) is 6.54 Å². The van der Waals surface area contributed by atoms with E-state index >= 15 is 0 Å². The van der Waals surface area contributed by atoms with Gasteiger partial charge in [0.15, 0.2) is 0 Å². The van der Waals surface area contributed by atoms with Crippen molar-refractivity contribution in [2.45, 2.75) is 6.92 Å². The molecule has 0 radical (unpaired) electrons.